The van der Waals surface area contributed by atoms with E-state index in [1.807, 2.05) is 23.5 Å². The van der Waals surface area contributed by atoms with Crippen molar-refractivity contribution in [2.75, 3.05) is 0 Å². The standard InChI is InChI=1S/C38H23NO.C38H23NS/c1-3-13-28-24(9-1)20-22-33-36(28)32-21-19-25-10-2-4-14-30(25)38(32)39(33)27-12-7-11-26(23-27)29-16-8-18-35-37(29)31-15-5-6-17-34(31)40-35;1-3-10-28-24(8-1)19-23-34-36(28)33-22-18-25-9-2-4-11-29(25)37(33)39(34)27-20-16-26(17-21-27)30-13-7-14-32-31-12-5-6-15-35(31)40-38(30)32/h2*1-23H. The van der Waals surface area contributed by atoms with Crippen molar-refractivity contribution in [1.29, 1.82) is 0 Å². The fraction of sp³-hybridized carbons (Fsp3) is 0. The predicted octanol–water partition coefficient (Wildman–Crippen LogP) is 21.8. The molecule has 0 radical (unpaired) electrons. The highest BCUT2D eigenvalue weighted by Gasteiger charge is 2.21. The second-order valence-corrected chi connectivity index (χ2v) is 22.1. The molecule has 0 bridgehead atoms. The van der Waals surface area contributed by atoms with Crippen molar-refractivity contribution in [2.45, 2.75) is 0 Å². The summed E-state index contributed by atoms with van der Waals surface area (Å²) < 4.78 is 13.8. The molecule has 4 heterocycles. The van der Waals surface area contributed by atoms with Gasteiger partial charge in [-0.3, -0.25) is 0 Å². The molecule has 4 aromatic heterocycles. The molecule has 0 amide bonds. The Morgan fingerprint density at radius 1 is 0.275 bits per heavy atom. The van der Waals surface area contributed by atoms with Crippen LogP contribution in [0.5, 0.6) is 0 Å². The van der Waals surface area contributed by atoms with Crippen LogP contribution >= 0.6 is 11.3 Å². The summed E-state index contributed by atoms with van der Waals surface area (Å²) >= 11 is 1.89. The average Bonchev–Trinajstić information content (AvgIpc) is 4.48. The van der Waals surface area contributed by atoms with Gasteiger partial charge in [0.2, 0.25) is 0 Å². The maximum Gasteiger partial charge on any atom is 0.136 e. The molecular weight excluding hydrogens is 989 g/mol. The molecule has 0 fully saturated rings. The maximum absolute atomic E-state index is 6.22. The van der Waals surface area contributed by atoms with Crippen molar-refractivity contribution in [2.24, 2.45) is 0 Å². The second kappa shape index (κ2) is 17.6. The van der Waals surface area contributed by atoms with Crippen LogP contribution in [-0.2, 0) is 0 Å². The first-order chi connectivity index (χ1) is 39.7. The first-order valence-electron chi connectivity index (χ1n) is 27.4. The number of para-hydroxylation sites is 1. The summed E-state index contributed by atoms with van der Waals surface area (Å²) in [4.78, 5) is 0. The van der Waals surface area contributed by atoms with E-state index in [0.717, 1.165) is 27.6 Å². The average molecular weight is 1040 g/mol. The van der Waals surface area contributed by atoms with Crippen molar-refractivity contribution in [3.05, 3.63) is 279 Å². The molecule has 0 aliphatic rings. The zero-order valence-electron chi connectivity index (χ0n) is 43.3. The van der Waals surface area contributed by atoms with E-state index in [4.69, 9.17) is 4.42 Å². The van der Waals surface area contributed by atoms with Crippen LogP contribution in [0, 0.1) is 0 Å². The van der Waals surface area contributed by atoms with Gasteiger partial charge in [-0.05, 0) is 109 Å². The molecule has 0 aliphatic carbocycles. The molecule has 0 saturated carbocycles. The summed E-state index contributed by atoms with van der Waals surface area (Å²) in [5.41, 5.74) is 14.0. The molecule has 0 saturated heterocycles. The van der Waals surface area contributed by atoms with Crippen molar-refractivity contribution in [1.82, 2.24) is 9.13 Å². The molecule has 0 atom stereocenters. The van der Waals surface area contributed by atoms with Crippen molar-refractivity contribution < 1.29 is 4.42 Å². The van der Waals surface area contributed by atoms with Gasteiger partial charge in [-0.25, -0.2) is 0 Å². The number of nitrogens with zero attached hydrogens (tertiary/aromatic N) is 2. The molecule has 0 N–H and O–H groups in total. The minimum atomic E-state index is 0.915. The summed E-state index contributed by atoms with van der Waals surface area (Å²) in [6, 6.07) is 101. The van der Waals surface area contributed by atoms with Gasteiger partial charge in [0.25, 0.3) is 0 Å². The van der Waals surface area contributed by atoms with E-state index >= 15 is 0 Å². The fourth-order valence-corrected chi connectivity index (χ4v) is 14.5. The number of benzene rings is 14. The number of aromatic nitrogens is 2. The lowest BCUT2D eigenvalue weighted by molar-refractivity contribution is 0.669. The SMILES string of the molecule is c1cc(-c2cccc3oc4ccccc4c23)cc(-n2c3ccc4ccccc4c3c3ccc4ccccc4c32)c1.c1ccc2c(c1)ccc1c2c2ccc3ccccc3c2n1-c1ccc(-c2cccc3c2sc2ccccc23)cc1. The van der Waals surface area contributed by atoms with Gasteiger partial charge in [0.15, 0.2) is 0 Å². The van der Waals surface area contributed by atoms with Crippen LogP contribution < -0.4 is 0 Å². The number of hydrogen-bond donors (Lipinski definition) is 0. The van der Waals surface area contributed by atoms with Gasteiger partial charge < -0.3 is 13.6 Å². The first-order valence-corrected chi connectivity index (χ1v) is 28.2. The van der Waals surface area contributed by atoms with Crippen LogP contribution in [0.3, 0.4) is 0 Å². The topological polar surface area (TPSA) is 23.0 Å². The van der Waals surface area contributed by atoms with E-state index < -0.39 is 0 Å². The molecule has 80 heavy (non-hydrogen) atoms. The maximum atomic E-state index is 6.22. The summed E-state index contributed by atoms with van der Waals surface area (Å²) in [6.45, 7) is 0. The van der Waals surface area contributed by atoms with Gasteiger partial charge in [-0.1, -0.05) is 224 Å². The predicted molar refractivity (Wildman–Crippen MR) is 343 cm³/mol. The van der Waals surface area contributed by atoms with Gasteiger partial charge in [0.1, 0.15) is 11.2 Å². The zero-order chi connectivity index (χ0) is 52.4. The van der Waals surface area contributed by atoms with Gasteiger partial charge in [-0.15, -0.1) is 11.3 Å². The van der Waals surface area contributed by atoms with Crippen molar-refractivity contribution >= 4 is 140 Å². The smallest absolute Gasteiger partial charge is 0.136 e. The number of fused-ring (bicyclic) bond motifs is 20. The van der Waals surface area contributed by atoms with E-state index in [1.54, 1.807) is 0 Å². The van der Waals surface area contributed by atoms with Crippen LogP contribution in [0.1, 0.15) is 0 Å². The van der Waals surface area contributed by atoms with Crippen LogP contribution in [0.4, 0.5) is 0 Å². The van der Waals surface area contributed by atoms with Crippen molar-refractivity contribution in [3.8, 4) is 33.6 Å². The van der Waals surface area contributed by atoms with E-state index in [0.29, 0.717) is 0 Å². The van der Waals surface area contributed by atoms with Gasteiger partial charge in [0, 0.05) is 74.6 Å². The van der Waals surface area contributed by atoms with Gasteiger partial charge in [-0.2, -0.15) is 0 Å². The molecule has 18 rings (SSSR count). The highest BCUT2D eigenvalue weighted by molar-refractivity contribution is 7.26. The Bertz CT molecular complexity index is 5560. The molecule has 0 unspecified atom stereocenters. The van der Waals surface area contributed by atoms with Crippen molar-refractivity contribution in [3.63, 3.8) is 0 Å². The van der Waals surface area contributed by atoms with Crippen LogP contribution in [0.25, 0.3) is 162 Å². The summed E-state index contributed by atoms with van der Waals surface area (Å²) in [7, 11) is 0. The Labute approximate surface area is 463 Å². The lowest BCUT2D eigenvalue weighted by atomic mass is 9.99. The third kappa shape index (κ3) is 6.73. The van der Waals surface area contributed by atoms with Gasteiger partial charge in [0.05, 0.1) is 22.1 Å². The Balaban J connectivity index is 0.000000128. The van der Waals surface area contributed by atoms with Crippen LogP contribution in [0.2, 0.25) is 0 Å². The Hall–Kier alpha value is -10.3. The highest BCUT2D eigenvalue weighted by Crippen LogP contribution is 2.45. The second-order valence-electron chi connectivity index (χ2n) is 21.1. The number of rotatable bonds is 4. The quantitative estimate of drug-likeness (QED) is 0.172. The Morgan fingerprint density at radius 3 is 1.43 bits per heavy atom. The van der Waals surface area contributed by atoms with E-state index in [-0.39, 0.29) is 0 Å². The number of furan rings is 1. The van der Waals surface area contributed by atoms with Crippen LogP contribution in [0.15, 0.2) is 283 Å². The molecule has 4 heteroatoms. The fourth-order valence-electron chi connectivity index (χ4n) is 13.2. The lowest BCUT2D eigenvalue weighted by Crippen LogP contribution is -1.95. The summed E-state index contributed by atoms with van der Waals surface area (Å²) in [6.07, 6.45) is 0. The largest absolute Gasteiger partial charge is 0.456 e. The minimum absolute atomic E-state index is 0.915. The third-order valence-electron chi connectivity index (χ3n) is 16.7. The normalized spacial score (nSPS) is 12.0. The van der Waals surface area contributed by atoms with E-state index in [2.05, 4.69) is 276 Å². The molecule has 0 spiro atoms. The summed E-state index contributed by atoms with van der Waals surface area (Å²) in [5, 5.41) is 20.3. The summed E-state index contributed by atoms with van der Waals surface area (Å²) in [5.74, 6) is 0. The lowest BCUT2D eigenvalue weighted by Gasteiger charge is -2.12. The molecule has 0 aliphatic heterocycles. The molecular formula is C76H46N2OS. The van der Waals surface area contributed by atoms with Crippen LogP contribution in [-0.4, -0.2) is 9.13 Å². The number of thiophene rings is 1. The molecule has 18 aromatic rings. The zero-order valence-corrected chi connectivity index (χ0v) is 44.1. The third-order valence-corrected chi connectivity index (χ3v) is 18.0. The molecule has 14 aromatic carbocycles. The molecule has 3 nitrogen and oxygen atoms in total. The van der Waals surface area contributed by atoms with Gasteiger partial charge >= 0.3 is 0 Å². The van der Waals surface area contributed by atoms with E-state index in [1.165, 1.54) is 135 Å². The molecule has 372 valence electrons. The van der Waals surface area contributed by atoms with E-state index in [9.17, 15) is 0 Å². The number of hydrogen-bond acceptors (Lipinski definition) is 2. The Kier molecular flexibility index (Phi) is 9.88. The minimum Gasteiger partial charge on any atom is -0.456 e. The first kappa shape index (κ1) is 44.8. The monoisotopic (exact) mass is 1030 g/mol. The highest BCUT2D eigenvalue weighted by atomic mass is 32.1. The Morgan fingerprint density at radius 2 is 0.762 bits per heavy atom.